The number of anilines is 1. The summed E-state index contributed by atoms with van der Waals surface area (Å²) in [6.07, 6.45) is 5.98. The van der Waals surface area contributed by atoms with Gasteiger partial charge in [0.25, 0.3) is 0 Å². The molecular formula is C26H28N4O. The molecule has 0 radical (unpaired) electrons. The monoisotopic (exact) mass is 412 g/mol. The lowest BCUT2D eigenvalue weighted by atomic mass is 9.97. The minimum atomic E-state index is 0.00811. The lowest BCUT2D eigenvalue weighted by Crippen LogP contribution is -2.43. The molecule has 2 aromatic carbocycles. The third-order valence-corrected chi connectivity index (χ3v) is 6.22. The second-order valence-electron chi connectivity index (χ2n) is 8.35. The molecule has 0 spiro atoms. The summed E-state index contributed by atoms with van der Waals surface area (Å²) >= 11 is 0. The molecule has 5 rings (SSSR count). The first-order valence-electron chi connectivity index (χ1n) is 11.2. The van der Waals surface area contributed by atoms with Gasteiger partial charge in [-0.1, -0.05) is 42.5 Å². The Bertz CT molecular complexity index is 1180. The molecular weight excluding hydrogens is 384 g/mol. The first kappa shape index (κ1) is 19.6. The van der Waals surface area contributed by atoms with Gasteiger partial charge in [0.2, 0.25) is 5.91 Å². The third kappa shape index (κ3) is 4.13. The average Bonchev–Trinajstić information content (AvgIpc) is 3.32. The van der Waals surface area contributed by atoms with Gasteiger partial charge < -0.3 is 14.6 Å². The molecule has 0 saturated carbocycles. The molecule has 1 aliphatic heterocycles. The predicted molar refractivity (Wildman–Crippen MR) is 125 cm³/mol. The third-order valence-electron chi connectivity index (χ3n) is 6.22. The molecule has 1 aliphatic rings. The number of para-hydroxylation sites is 2. The highest BCUT2D eigenvalue weighted by Gasteiger charge is 2.27. The highest BCUT2D eigenvalue weighted by molar-refractivity contribution is 5.85. The highest BCUT2D eigenvalue weighted by atomic mass is 16.1. The van der Waals surface area contributed by atoms with Crippen LogP contribution >= 0.6 is 0 Å². The number of nitrogens with zero attached hydrogens (tertiary/aromatic N) is 3. The summed E-state index contributed by atoms with van der Waals surface area (Å²) in [7, 11) is 0. The maximum atomic E-state index is 12.8. The Balaban J connectivity index is 1.26. The van der Waals surface area contributed by atoms with Crippen molar-refractivity contribution in [2.75, 3.05) is 24.5 Å². The lowest BCUT2D eigenvalue weighted by molar-refractivity contribution is -0.125. The molecule has 2 aromatic heterocycles. The molecule has 5 nitrogen and oxygen atoms in total. The number of aryl methyl sites for hydroxylation is 1. The number of carbonyl (C=O) groups is 1. The average molecular weight is 413 g/mol. The second kappa shape index (κ2) is 8.80. The van der Waals surface area contributed by atoms with E-state index in [1.165, 1.54) is 5.56 Å². The molecule has 1 fully saturated rings. The maximum Gasteiger partial charge on any atom is 0.224 e. The molecule has 3 heterocycles. The number of aromatic nitrogens is 2. The Morgan fingerprint density at radius 3 is 2.71 bits per heavy atom. The number of hydrogen-bond acceptors (Lipinski definition) is 3. The van der Waals surface area contributed by atoms with E-state index in [4.69, 9.17) is 4.98 Å². The number of nitrogens with one attached hydrogen (secondary N) is 1. The largest absolute Gasteiger partial charge is 0.356 e. The van der Waals surface area contributed by atoms with Crippen LogP contribution in [0.25, 0.3) is 16.6 Å². The van der Waals surface area contributed by atoms with Crippen molar-refractivity contribution in [1.82, 2.24) is 14.7 Å². The first-order valence-corrected chi connectivity index (χ1v) is 11.2. The molecule has 1 N–H and O–H groups in total. The molecule has 0 unspecified atom stereocenters. The Labute approximate surface area is 182 Å². The van der Waals surface area contributed by atoms with E-state index in [1.54, 1.807) is 0 Å². The van der Waals surface area contributed by atoms with Crippen LogP contribution in [0.3, 0.4) is 0 Å². The predicted octanol–water partition coefficient (Wildman–Crippen LogP) is 4.45. The summed E-state index contributed by atoms with van der Waals surface area (Å²) in [5.41, 5.74) is 4.51. The smallest absolute Gasteiger partial charge is 0.224 e. The van der Waals surface area contributed by atoms with E-state index in [1.807, 2.05) is 18.2 Å². The standard InChI is InChI=1S/C26H28N4O/c31-26(27-16-6-11-20-9-2-1-3-10-20)21-12-7-17-29(19-21)25-24-15-8-18-30(24)23-14-5-4-13-22(23)28-25/h1-5,8-10,13-15,18,21H,6-7,11-12,16-17,19H2,(H,27,31)/t21-/m0/s1. The summed E-state index contributed by atoms with van der Waals surface area (Å²) in [5, 5.41) is 3.17. The van der Waals surface area contributed by atoms with E-state index < -0.39 is 0 Å². The van der Waals surface area contributed by atoms with Gasteiger partial charge >= 0.3 is 0 Å². The fourth-order valence-electron chi connectivity index (χ4n) is 4.62. The zero-order valence-corrected chi connectivity index (χ0v) is 17.7. The second-order valence-corrected chi connectivity index (χ2v) is 8.35. The van der Waals surface area contributed by atoms with E-state index >= 15 is 0 Å². The van der Waals surface area contributed by atoms with Crippen LogP contribution < -0.4 is 10.2 Å². The molecule has 0 aliphatic carbocycles. The van der Waals surface area contributed by atoms with Gasteiger partial charge in [0, 0.05) is 25.8 Å². The van der Waals surface area contributed by atoms with Crippen LogP contribution in [0, 0.1) is 5.92 Å². The van der Waals surface area contributed by atoms with Crippen molar-refractivity contribution >= 4 is 28.3 Å². The summed E-state index contributed by atoms with van der Waals surface area (Å²) < 4.78 is 2.20. The number of benzene rings is 2. The van der Waals surface area contributed by atoms with Crippen LogP contribution in [0.2, 0.25) is 0 Å². The summed E-state index contributed by atoms with van der Waals surface area (Å²) in [6.45, 7) is 2.38. The van der Waals surface area contributed by atoms with Crippen molar-refractivity contribution in [2.45, 2.75) is 25.7 Å². The minimum Gasteiger partial charge on any atom is -0.356 e. The fraction of sp³-hybridized carbons (Fsp3) is 0.308. The zero-order chi connectivity index (χ0) is 21.0. The van der Waals surface area contributed by atoms with Crippen molar-refractivity contribution in [2.24, 2.45) is 5.92 Å². The van der Waals surface area contributed by atoms with Crippen LogP contribution in [-0.4, -0.2) is 34.9 Å². The Hall–Kier alpha value is -3.34. The van der Waals surface area contributed by atoms with Crippen molar-refractivity contribution < 1.29 is 4.79 Å². The van der Waals surface area contributed by atoms with Crippen LogP contribution in [0.1, 0.15) is 24.8 Å². The van der Waals surface area contributed by atoms with E-state index in [0.29, 0.717) is 0 Å². The van der Waals surface area contributed by atoms with Crippen molar-refractivity contribution in [1.29, 1.82) is 0 Å². The Morgan fingerprint density at radius 1 is 1.00 bits per heavy atom. The summed E-state index contributed by atoms with van der Waals surface area (Å²) in [5.74, 6) is 1.16. The van der Waals surface area contributed by atoms with E-state index in [9.17, 15) is 4.79 Å². The van der Waals surface area contributed by atoms with Crippen molar-refractivity contribution in [3.05, 3.63) is 78.5 Å². The van der Waals surface area contributed by atoms with Gasteiger partial charge in [-0.15, -0.1) is 0 Å². The molecule has 31 heavy (non-hydrogen) atoms. The molecule has 0 bridgehead atoms. The van der Waals surface area contributed by atoms with Gasteiger partial charge in [0.15, 0.2) is 5.82 Å². The molecule has 4 aromatic rings. The van der Waals surface area contributed by atoms with Gasteiger partial charge in [-0.25, -0.2) is 4.98 Å². The van der Waals surface area contributed by atoms with Gasteiger partial charge in [-0.05, 0) is 55.5 Å². The number of hydrogen-bond donors (Lipinski definition) is 1. The van der Waals surface area contributed by atoms with Gasteiger partial charge in [-0.3, -0.25) is 4.79 Å². The quantitative estimate of drug-likeness (QED) is 0.476. The molecule has 5 heteroatoms. The summed E-state index contributed by atoms with van der Waals surface area (Å²) in [4.78, 5) is 20.1. The Kier molecular flexibility index (Phi) is 5.57. The normalized spacial score (nSPS) is 16.6. The zero-order valence-electron chi connectivity index (χ0n) is 17.7. The molecule has 158 valence electrons. The lowest BCUT2D eigenvalue weighted by Gasteiger charge is -2.33. The number of amides is 1. The van der Waals surface area contributed by atoms with Crippen LogP contribution in [0.15, 0.2) is 72.9 Å². The fourth-order valence-corrected chi connectivity index (χ4v) is 4.62. The van der Waals surface area contributed by atoms with E-state index in [0.717, 1.165) is 67.7 Å². The number of carbonyl (C=O) groups excluding carboxylic acids is 1. The number of fused-ring (bicyclic) bond motifs is 3. The maximum absolute atomic E-state index is 12.8. The SMILES string of the molecule is O=C(NCCCc1ccccc1)[C@H]1CCCN(c2nc3ccccc3n3cccc23)C1. The molecule has 1 amide bonds. The minimum absolute atomic E-state index is 0.00811. The van der Waals surface area contributed by atoms with Gasteiger partial charge in [-0.2, -0.15) is 0 Å². The Morgan fingerprint density at radius 2 is 1.81 bits per heavy atom. The molecule has 1 saturated heterocycles. The van der Waals surface area contributed by atoms with Crippen molar-refractivity contribution in [3.8, 4) is 0 Å². The van der Waals surface area contributed by atoms with Crippen LogP contribution in [0.5, 0.6) is 0 Å². The van der Waals surface area contributed by atoms with Crippen LogP contribution in [-0.2, 0) is 11.2 Å². The summed E-state index contributed by atoms with van der Waals surface area (Å²) in [6, 6.07) is 22.8. The topological polar surface area (TPSA) is 49.6 Å². The van der Waals surface area contributed by atoms with Crippen LogP contribution in [0.4, 0.5) is 5.82 Å². The van der Waals surface area contributed by atoms with E-state index in [-0.39, 0.29) is 11.8 Å². The van der Waals surface area contributed by atoms with E-state index in [2.05, 4.69) is 69.3 Å². The highest BCUT2D eigenvalue weighted by Crippen LogP contribution is 2.29. The number of piperidine rings is 1. The molecule has 1 atom stereocenters. The number of rotatable bonds is 6. The van der Waals surface area contributed by atoms with Crippen molar-refractivity contribution in [3.63, 3.8) is 0 Å². The first-order chi connectivity index (χ1) is 15.3. The van der Waals surface area contributed by atoms with Gasteiger partial charge in [0.1, 0.15) is 0 Å². The van der Waals surface area contributed by atoms with Gasteiger partial charge in [0.05, 0.1) is 22.5 Å².